The fourth-order valence-corrected chi connectivity index (χ4v) is 5.05. The van der Waals surface area contributed by atoms with Crippen LogP contribution in [0.25, 0.3) is 9.69 Å². The first kappa shape index (κ1) is 37.5. The molecule has 3 N–H and O–H groups in total. The van der Waals surface area contributed by atoms with Crippen molar-refractivity contribution < 1.29 is 35.9 Å². The third kappa shape index (κ3) is 9.08. The molecule has 0 aliphatic carbocycles. The van der Waals surface area contributed by atoms with Crippen molar-refractivity contribution in [1.82, 2.24) is 5.43 Å². The lowest BCUT2D eigenvalue weighted by Gasteiger charge is -2.23. The zero-order valence-electron chi connectivity index (χ0n) is 26.6. The number of halogens is 6. The molecule has 0 spiro atoms. The Morgan fingerprint density at radius 3 is 1.88 bits per heavy atom. The second-order valence-electron chi connectivity index (χ2n) is 11.8. The Balaban J connectivity index is 0.000000260. The molecular weight excluding hydrogens is 642 g/mol. The van der Waals surface area contributed by atoms with Crippen molar-refractivity contribution in [3.63, 3.8) is 0 Å². The third-order valence-electron chi connectivity index (χ3n) is 7.60. The summed E-state index contributed by atoms with van der Waals surface area (Å²) < 4.78 is 77.9. The molecule has 10 nitrogen and oxygen atoms in total. The Labute approximate surface area is 273 Å². The van der Waals surface area contributed by atoms with Crippen LogP contribution < -0.4 is 16.1 Å². The lowest BCUT2D eigenvalue weighted by molar-refractivity contribution is -0.137. The standard InChI is InChI=1S/2C16H17F3N4O/c2*1-4-5-11-9-15(2,23-22-11)14(24)21-10-6-7-13(20-3)12(8-10)16(17,18)19/h6-8,23H,4-5,9H2,1-2H3,(H,21,24);6-8,11H,4-5,9H2,1-2H3,(H,21,24). The number of hydrogen-bond acceptors (Lipinski definition) is 6. The second-order valence-corrected chi connectivity index (χ2v) is 11.8. The Morgan fingerprint density at radius 1 is 0.896 bits per heavy atom. The predicted octanol–water partition coefficient (Wildman–Crippen LogP) is 9.08. The maximum atomic E-state index is 13.0. The molecule has 0 radical (unpaired) electrons. The van der Waals surface area contributed by atoms with Gasteiger partial charge in [-0.15, -0.1) is 0 Å². The first-order chi connectivity index (χ1) is 22.4. The topological polar surface area (TPSA) is 116 Å². The van der Waals surface area contributed by atoms with E-state index < -0.39 is 57.7 Å². The van der Waals surface area contributed by atoms with E-state index >= 15 is 0 Å². The normalized spacial score (nSPS) is 21.6. The number of hydrazone groups is 1. The number of azo groups is 1. The zero-order valence-corrected chi connectivity index (χ0v) is 26.6. The molecule has 16 heteroatoms. The first-order valence-electron chi connectivity index (χ1n) is 14.9. The molecule has 2 amide bonds. The molecule has 48 heavy (non-hydrogen) atoms. The van der Waals surface area contributed by atoms with Crippen LogP contribution in [0.5, 0.6) is 0 Å². The van der Waals surface area contributed by atoms with Crippen LogP contribution in [0.1, 0.15) is 77.3 Å². The Bertz CT molecular complexity index is 1670. The van der Waals surface area contributed by atoms with E-state index in [2.05, 4.69) is 41.1 Å². The van der Waals surface area contributed by atoms with Gasteiger partial charge in [0.15, 0.2) is 16.9 Å². The summed E-state index contributed by atoms with van der Waals surface area (Å²) in [5.41, 5.74) is -1.64. The van der Waals surface area contributed by atoms with Gasteiger partial charge < -0.3 is 10.6 Å². The van der Waals surface area contributed by atoms with Crippen molar-refractivity contribution in [3.05, 3.63) is 70.4 Å². The molecule has 4 rings (SSSR count). The minimum absolute atomic E-state index is 0.00769. The van der Waals surface area contributed by atoms with E-state index in [9.17, 15) is 35.9 Å². The maximum Gasteiger partial charge on any atom is 0.407 e. The van der Waals surface area contributed by atoms with Crippen LogP contribution in [0.4, 0.5) is 49.1 Å². The average molecular weight is 677 g/mol. The fraction of sp³-hybridized carbons (Fsp3) is 0.469. The lowest BCUT2D eigenvalue weighted by atomic mass is 9.93. The predicted molar refractivity (Wildman–Crippen MR) is 168 cm³/mol. The molecule has 2 aliphatic rings. The summed E-state index contributed by atoms with van der Waals surface area (Å²) in [7, 11) is 0. The minimum atomic E-state index is -4.66. The average Bonchev–Trinajstić information content (AvgIpc) is 3.60. The number of rotatable bonds is 8. The number of carbonyl (C=O) groups excluding carboxylic acids is 2. The van der Waals surface area contributed by atoms with Gasteiger partial charge in [0, 0.05) is 29.9 Å². The van der Waals surface area contributed by atoms with Crippen LogP contribution in [0.3, 0.4) is 0 Å². The van der Waals surface area contributed by atoms with E-state index in [0.29, 0.717) is 12.8 Å². The van der Waals surface area contributed by atoms with Crippen LogP contribution in [-0.2, 0) is 21.9 Å². The Kier molecular flexibility index (Phi) is 11.6. The van der Waals surface area contributed by atoms with Crippen molar-refractivity contribution in [2.45, 2.75) is 95.7 Å². The van der Waals surface area contributed by atoms with Gasteiger partial charge in [-0.05, 0) is 51.0 Å². The summed E-state index contributed by atoms with van der Waals surface area (Å²) in [6, 6.07) is 6.16. The zero-order chi connectivity index (χ0) is 35.9. The van der Waals surface area contributed by atoms with Crippen molar-refractivity contribution in [2.75, 3.05) is 10.6 Å². The number of alkyl halides is 6. The number of anilines is 2. The van der Waals surface area contributed by atoms with Crippen LogP contribution >= 0.6 is 0 Å². The van der Waals surface area contributed by atoms with Gasteiger partial charge in [-0.25, -0.2) is 9.69 Å². The highest BCUT2D eigenvalue weighted by Crippen LogP contribution is 2.40. The Hall–Kier alpha value is -4.99. The van der Waals surface area contributed by atoms with Gasteiger partial charge in [-0.2, -0.15) is 41.7 Å². The van der Waals surface area contributed by atoms with E-state index in [-0.39, 0.29) is 17.4 Å². The van der Waals surface area contributed by atoms with Crippen molar-refractivity contribution >= 4 is 40.3 Å². The highest BCUT2D eigenvalue weighted by molar-refractivity contribution is 6.03. The number of amides is 2. The monoisotopic (exact) mass is 676 g/mol. The lowest BCUT2D eigenvalue weighted by Crippen LogP contribution is -2.47. The summed E-state index contributed by atoms with van der Waals surface area (Å²) in [6.45, 7) is 20.9. The highest BCUT2D eigenvalue weighted by atomic mass is 19.4. The summed E-state index contributed by atoms with van der Waals surface area (Å²) in [4.78, 5) is 30.5. The summed E-state index contributed by atoms with van der Waals surface area (Å²) >= 11 is 0. The highest BCUT2D eigenvalue weighted by Gasteiger charge is 2.41. The Morgan fingerprint density at radius 2 is 1.42 bits per heavy atom. The number of hydrogen-bond donors (Lipinski definition) is 3. The van der Waals surface area contributed by atoms with E-state index in [1.807, 2.05) is 13.8 Å². The molecule has 2 heterocycles. The molecule has 2 aromatic rings. The van der Waals surface area contributed by atoms with E-state index in [1.54, 1.807) is 13.8 Å². The fourth-order valence-electron chi connectivity index (χ4n) is 5.05. The molecule has 0 fully saturated rings. The number of nitrogens with one attached hydrogen (secondary N) is 3. The molecule has 0 saturated heterocycles. The van der Waals surface area contributed by atoms with Gasteiger partial charge in [0.1, 0.15) is 5.54 Å². The second kappa shape index (κ2) is 14.8. The van der Waals surface area contributed by atoms with Crippen LogP contribution in [0.15, 0.2) is 51.7 Å². The summed E-state index contributed by atoms with van der Waals surface area (Å²) in [5, 5.41) is 17.1. The van der Waals surface area contributed by atoms with Gasteiger partial charge in [-0.1, -0.05) is 38.8 Å². The van der Waals surface area contributed by atoms with Crippen LogP contribution in [-0.4, -0.2) is 34.6 Å². The smallest absolute Gasteiger partial charge is 0.324 e. The van der Waals surface area contributed by atoms with Crippen molar-refractivity contribution in [3.8, 4) is 0 Å². The molecule has 0 bridgehead atoms. The molecule has 2 aromatic carbocycles. The van der Waals surface area contributed by atoms with E-state index in [4.69, 9.17) is 13.1 Å². The van der Waals surface area contributed by atoms with Gasteiger partial charge in [0.2, 0.25) is 0 Å². The summed E-state index contributed by atoms with van der Waals surface area (Å²) in [6.07, 6.45) is -5.12. The number of nitrogens with zero attached hydrogens (tertiary/aromatic N) is 5. The van der Waals surface area contributed by atoms with Crippen LogP contribution in [0, 0.1) is 13.1 Å². The van der Waals surface area contributed by atoms with Crippen LogP contribution in [0.2, 0.25) is 0 Å². The van der Waals surface area contributed by atoms with Crippen molar-refractivity contribution in [2.24, 2.45) is 15.3 Å². The summed E-state index contributed by atoms with van der Waals surface area (Å²) in [5.74, 6) is -0.977. The van der Waals surface area contributed by atoms with Gasteiger partial charge >= 0.3 is 12.4 Å². The van der Waals surface area contributed by atoms with Crippen molar-refractivity contribution in [1.29, 1.82) is 0 Å². The SMILES string of the molecule is [C-]#[N+]c1ccc(NC(=O)C2(C)CC(CCC)=NN2)cc1C(F)(F)F.[C-]#[N+]c1ccc(NC(=O)C2(C)CC(CCC)N=N2)cc1C(F)(F)F. The molecule has 3 atom stereocenters. The minimum Gasteiger partial charge on any atom is -0.324 e. The van der Waals surface area contributed by atoms with E-state index in [0.717, 1.165) is 55.7 Å². The number of benzene rings is 2. The van der Waals surface area contributed by atoms with Gasteiger partial charge in [0.25, 0.3) is 11.8 Å². The number of carbonyl (C=O) groups is 2. The molecule has 0 saturated carbocycles. The van der Waals surface area contributed by atoms with Gasteiger partial charge in [-0.3, -0.25) is 15.0 Å². The molecular formula is C32H34F6N8O2. The molecule has 256 valence electrons. The largest absolute Gasteiger partial charge is 0.407 e. The first-order valence-corrected chi connectivity index (χ1v) is 14.9. The van der Waals surface area contributed by atoms with Gasteiger partial charge in [0.05, 0.1) is 30.3 Å². The molecule has 0 aromatic heterocycles. The quantitative estimate of drug-likeness (QED) is 0.191. The maximum absolute atomic E-state index is 13.0. The molecule has 3 unspecified atom stereocenters. The van der Waals surface area contributed by atoms with E-state index in [1.165, 1.54) is 12.1 Å². The third-order valence-corrected chi connectivity index (χ3v) is 7.60. The molecule has 2 aliphatic heterocycles.